The minimum Gasteiger partial charge on any atom is -0.350 e. The van der Waals surface area contributed by atoms with Crippen molar-refractivity contribution >= 4 is 10.9 Å². The lowest BCUT2D eigenvalue weighted by Gasteiger charge is -2.16. The minimum atomic E-state index is -0.0445. The number of nitrogens with zero attached hydrogens (tertiary/aromatic N) is 3. The fourth-order valence-corrected chi connectivity index (χ4v) is 2.57. The Bertz CT molecular complexity index is 807. The van der Waals surface area contributed by atoms with Crippen LogP contribution in [0.1, 0.15) is 32.2 Å². The van der Waals surface area contributed by atoms with Crippen molar-refractivity contribution < 1.29 is 0 Å². The highest BCUT2D eigenvalue weighted by atomic mass is 14.9. The SMILES string of the molecule is Cc1ccc2c(-c3ccnc(C(C)(C)C)n3)cn(C)c2c1. The summed E-state index contributed by atoms with van der Waals surface area (Å²) in [5, 5.41) is 1.24. The van der Waals surface area contributed by atoms with E-state index < -0.39 is 0 Å². The lowest BCUT2D eigenvalue weighted by Crippen LogP contribution is -2.15. The van der Waals surface area contributed by atoms with Crippen LogP contribution in [0.25, 0.3) is 22.2 Å². The number of rotatable bonds is 1. The van der Waals surface area contributed by atoms with Crippen molar-refractivity contribution in [1.82, 2.24) is 14.5 Å². The molecule has 108 valence electrons. The van der Waals surface area contributed by atoms with Gasteiger partial charge in [-0.05, 0) is 24.6 Å². The number of hydrogen-bond donors (Lipinski definition) is 0. The molecule has 0 aliphatic heterocycles. The highest BCUT2D eigenvalue weighted by Crippen LogP contribution is 2.30. The van der Waals surface area contributed by atoms with E-state index in [1.165, 1.54) is 22.0 Å². The van der Waals surface area contributed by atoms with Gasteiger partial charge in [-0.2, -0.15) is 0 Å². The standard InChI is InChI=1S/C18H21N3/c1-12-6-7-13-14(11-21(5)16(13)10-12)15-8-9-19-17(20-15)18(2,3)4/h6-11H,1-5H3. The molecule has 0 saturated carbocycles. The predicted molar refractivity (Wildman–Crippen MR) is 87.4 cm³/mol. The summed E-state index contributed by atoms with van der Waals surface area (Å²) >= 11 is 0. The average molecular weight is 279 g/mol. The van der Waals surface area contributed by atoms with Crippen molar-refractivity contribution in [2.24, 2.45) is 7.05 Å². The fraction of sp³-hybridized carbons (Fsp3) is 0.333. The molecule has 0 fully saturated rings. The number of fused-ring (bicyclic) bond motifs is 1. The summed E-state index contributed by atoms with van der Waals surface area (Å²) in [7, 11) is 2.08. The molecule has 0 aliphatic rings. The maximum Gasteiger partial charge on any atom is 0.134 e. The average Bonchev–Trinajstić information content (AvgIpc) is 2.75. The maximum atomic E-state index is 4.78. The van der Waals surface area contributed by atoms with E-state index >= 15 is 0 Å². The Hall–Kier alpha value is -2.16. The molecule has 0 radical (unpaired) electrons. The Morgan fingerprint density at radius 1 is 1.10 bits per heavy atom. The van der Waals surface area contributed by atoms with Crippen LogP contribution in [0.3, 0.4) is 0 Å². The molecule has 0 saturated heterocycles. The van der Waals surface area contributed by atoms with Crippen LogP contribution in [-0.2, 0) is 12.5 Å². The van der Waals surface area contributed by atoms with Gasteiger partial charge in [0.1, 0.15) is 5.82 Å². The van der Waals surface area contributed by atoms with E-state index in [-0.39, 0.29) is 5.41 Å². The molecule has 1 aromatic carbocycles. The molecule has 2 heterocycles. The van der Waals surface area contributed by atoms with Gasteiger partial charge in [-0.3, -0.25) is 0 Å². The van der Waals surface area contributed by atoms with E-state index in [2.05, 4.69) is 68.7 Å². The monoisotopic (exact) mass is 279 g/mol. The molecule has 3 nitrogen and oxygen atoms in total. The third kappa shape index (κ3) is 2.44. The zero-order valence-corrected chi connectivity index (χ0v) is 13.3. The van der Waals surface area contributed by atoms with Crippen LogP contribution in [0.15, 0.2) is 36.7 Å². The predicted octanol–water partition coefficient (Wildman–Crippen LogP) is 4.24. The van der Waals surface area contributed by atoms with Crippen molar-refractivity contribution in [3.8, 4) is 11.3 Å². The van der Waals surface area contributed by atoms with Gasteiger partial charge >= 0.3 is 0 Å². The lowest BCUT2D eigenvalue weighted by atomic mass is 9.95. The molecule has 0 N–H and O–H groups in total. The van der Waals surface area contributed by atoms with Gasteiger partial charge in [0.05, 0.1) is 5.69 Å². The second kappa shape index (κ2) is 4.69. The molecule has 2 aromatic heterocycles. The maximum absolute atomic E-state index is 4.78. The Kier molecular flexibility index (Phi) is 3.08. The first-order valence-electron chi connectivity index (χ1n) is 7.26. The van der Waals surface area contributed by atoms with Crippen LogP contribution in [-0.4, -0.2) is 14.5 Å². The van der Waals surface area contributed by atoms with E-state index in [4.69, 9.17) is 4.98 Å². The summed E-state index contributed by atoms with van der Waals surface area (Å²) in [6.07, 6.45) is 4.01. The summed E-state index contributed by atoms with van der Waals surface area (Å²) in [6, 6.07) is 8.53. The van der Waals surface area contributed by atoms with Crippen LogP contribution in [0, 0.1) is 6.92 Å². The molecule has 0 aliphatic carbocycles. The smallest absolute Gasteiger partial charge is 0.134 e. The third-order valence-corrected chi connectivity index (χ3v) is 3.75. The molecule has 3 heteroatoms. The zero-order chi connectivity index (χ0) is 15.2. The third-order valence-electron chi connectivity index (χ3n) is 3.75. The molecule has 0 atom stereocenters. The second-order valence-electron chi connectivity index (χ2n) is 6.69. The topological polar surface area (TPSA) is 30.7 Å². The quantitative estimate of drug-likeness (QED) is 0.667. The highest BCUT2D eigenvalue weighted by Gasteiger charge is 2.18. The first-order chi connectivity index (χ1) is 9.86. The summed E-state index contributed by atoms with van der Waals surface area (Å²) in [5.74, 6) is 0.879. The molecule has 3 aromatic rings. The number of aromatic nitrogens is 3. The van der Waals surface area contributed by atoms with Crippen molar-refractivity contribution in [3.63, 3.8) is 0 Å². The van der Waals surface area contributed by atoms with Gasteiger partial charge in [0.15, 0.2) is 0 Å². The molecular formula is C18H21N3. The highest BCUT2D eigenvalue weighted by molar-refractivity contribution is 5.95. The normalized spacial score (nSPS) is 12.0. The van der Waals surface area contributed by atoms with E-state index in [0.717, 1.165) is 11.5 Å². The molecule has 0 unspecified atom stereocenters. The second-order valence-corrected chi connectivity index (χ2v) is 6.69. The van der Waals surface area contributed by atoms with Crippen LogP contribution >= 0.6 is 0 Å². The first kappa shape index (κ1) is 13.8. The van der Waals surface area contributed by atoms with Crippen molar-refractivity contribution in [2.75, 3.05) is 0 Å². The Balaban J connectivity index is 2.22. The van der Waals surface area contributed by atoms with Crippen molar-refractivity contribution in [2.45, 2.75) is 33.1 Å². The van der Waals surface area contributed by atoms with Gasteiger partial charge in [0.2, 0.25) is 0 Å². The van der Waals surface area contributed by atoms with Gasteiger partial charge in [-0.25, -0.2) is 9.97 Å². The summed E-state index contributed by atoms with van der Waals surface area (Å²) in [5.41, 5.74) is 4.62. The number of benzene rings is 1. The van der Waals surface area contributed by atoms with Crippen molar-refractivity contribution in [1.29, 1.82) is 0 Å². The number of hydrogen-bond acceptors (Lipinski definition) is 2. The fourth-order valence-electron chi connectivity index (χ4n) is 2.57. The molecule has 0 bridgehead atoms. The summed E-state index contributed by atoms with van der Waals surface area (Å²) < 4.78 is 2.16. The van der Waals surface area contributed by atoms with E-state index in [1.807, 2.05) is 12.3 Å². The van der Waals surface area contributed by atoms with E-state index in [1.54, 1.807) is 0 Å². The molecule has 3 rings (SSSR count). The summed E-state index contributed by atoms with van der Waals surface area (Å²) in [4.78, 5) is 9.19. The largest absolute Gasteiger partial charge is 0.350 e. The van der Waals surface area contributed by atoms with Crippen LogP contribution < -0.4 is 0 Å². The van der Waals surface area contributed by atoms with Gasteiger partial charge in [-0.15, -0.1) is 0 Å². The Labute approximate surface area is 125 Å². The van der Waals surface area contributed by atoms with Gasteiger partial charge in [-0.1, -0.05) is 32.9 Å². The van der Waals surface area contributed by atoms with Crippen LogP contribution in [0.4, 0.5) is 0 Å². The van der Waals surface area contributed by atoms with Gasteiger partial charge in [0.25, 0.3) is 0 Å². The van der Waals surface area contributed by atoms with E-state index in [0.29, 0.717) is 0 Å². The van der Waals surface area contributed by atoms with Crippen LogP contribution in [0.2, 0.25) is 0 Å². The zero-order valence-electron chi connectivity index (χ0n) is 13.3. The van der Waals surface area contributed by atoms with Gasteiger partial charge in [0, 0.05) is 41.3 Å². The molecule has 0 spiro atoms. The van der Waals surface area contributed by atoms with Crippen LogP contribution in [0.5, 0.6) is 0 Å². The molecule has 0 amide bonds. The molecule has 21 heavy (non-hydrogen) atoms. The van der Waals surface area contributed by atoms with Gasteiger partial charge < -0.3 is 4.57 Å². The van der Waals surface area contributed by atoms with E-state index in [9.17, 15) is 0 Å². The lowest BCUT2D eigenvalue weighted by molar-refractivity contribution is 0.546. The number of aryl methyl sites for hydroxylation is 2. The summed E-state index contributed by atoms with van der Waals surface area (Å²) in [6.45, 7) is 8.53. The van der Waals surface area contributed by atoms with Crippen molar-refractivity contribution in [3.05, 3.63) is 48.0 Å². The Morgan fingerprint density at radius 3 is 2.57 bits per heavy atom. The molecular weight excluding hydrogens is 258 g/mol. The minimum absolute atomic E-state index is 0.0445. The Morgan fingerprint density at radius 2 is 1.86 bits per heavy atom. The first-order valence-corrected chi connectivity index (χ1v) is 7.26.